The van der Waals surface area contributed by atoms with Gasteiger partial charge in [-0.3, -0.25) is 0 Å². The molecule has 44 heavy (non-hydrogen) atoms. The molecular weight excluding hydrogens is 575 g/mol. The lowest BCUT2D eigenvalue weighted by atomic mass is 10.0. The molecule has 5 heteroatoms. The number of nitrogens with zero attached hydrogens (tertiary/aromatic N) is 3. The molecule has 9 aromatic rings. The van der Waals surface area contributed by atoms with Crippen LogP contribution in [0.15, 0.2) is 139 Å². The summed E-state index contributed by atoms with van der Waals surface area (Å²) in [6, 6.07) is 17.9. The highest BCUT2D eigenvalue weighted by Gasteiger charge is 2.16. The zero-order valence-electron chi connectivity index (χ0n) is 33.6. The van der Waals surface area contributed by atoms with E-state index in [1.54, 1.807) is 41.7 Å². The molecule has 6 aromatic carbocycles. The highest BCUT2D eigenvalue weighted by molar-refractivity contribution is 7.26. The van der Waals surface area contributed by atoms with Gasteiger partial charge in [0.25, 0.3) is 0 Å². The Morgan fingerprint density at radius 1 is 0.455 bits per heavy atom. The van der Waals surface area contributed by atoms with Crippen molar-refractivity contribution in [3.63, 3.8) is 0 Å². The Morgan fingerprint density at radius 2 is 1.20 bits per heavy atom. The van der Waals surface area contributed by atoms with E-state index in [0.29, 0.717) is 21.4 Å². The fraction of sp³-hybridized carbons (Fsp3) is 0. The lowest BCUT2D eigenvalue weighted by Gasteiger charge is -2.08. The van der Waals surface area contributed by atoms with Gasteiger partial charge in [0.2, 0.25) is 0 Å². The summed E-state index contributed by atoms with van der Waals surface area (Å²) in [5.74, 6) is -0.436. The Labute approximate surface area is 277 Å². The molecule has 0 saturated carbocycles. The number of hydrogen-bond acceptors (Lipinski definition) is 5. The molecule has 0 spiro atoms. The predicted octanol–water partition coefficient (Wildman–Crippen LogP) is 11.3. The van der Waals surface area contributed by atoms with Crippen LogP contribution in [0.3, 0.4) is 0 Å². The maximum Gasteiger partial charge on any atom is 0.164 e. The lowest BCUT2D eigenvalue weighted by molar-refractivity contribution is 1.07. The Morgan fingerprint density at radius 3 is 2.07 bits per heavy atom. The fourth-order valence-corrected chi connectivity index (χ4v) is 7.57. The summed E-state index contributed by atoms with van der Waals surface area (Å²) in [5, 5.41) is 2.48. The maximum absolute atomic E-state index is 9.50. The molecule has 9 rings (SSSR count). The van der Waals surface area contributed by atoms with Crippen LogP contribution in [0.4, 0.5) is 0 Å². The Balaban J connectivity index is 1.33. The van der Waals surface area contributed by atoms with E-state index in [1.165, 1.54) is 0 Å². The molecule has 0 bridgehead atoms. The first-order chi connectivity index (χ1) is 26.4. The number of fused-ring (bicyclic) bond motifs is 6. The predicted molar refractivity (Wildman–Crippen MR) is 187 cm³/mol. The zero-order valence-corrected chi connectivity index (χ0v) is 24.2. The summed E-state index contributed by atoms with van der Waals surface area (Å²) in [5.41, 5.74) is 1.08. The van der Waals surface area contributed by atoms with Gasteiger partial charge >= 0.3 is 0 Å². The Bertz CT molecular complexity index is 3100. The van der Waals surface area contributed by atoms with E-state index in [9.17, 15) is 4.11 Å². The summed E-state index contributed by atoms with van der Waals surface area (Å²) < 4.78 is 99.3. The van der Waals surface area contributed by atoms with E-state index in [-0.39, 0.29) is 74.3 Å². The van der Waals surface area contributed by atoms with Gasteiger partial charge < -0.3 is 0 Å². The van der Waals surface area contributed by atoms with Gasteiger partial charge in [-0.2, -0.15) is 0 Å². The summed E-state index contributed by atoms with van der Waals surface area (Å²) >= 11 is 2.69. The number of rotatable bonds is 4. The largest absolute Gasteiger partial charge is 0.208 e. The van der Waals surface area contributed by atoms with Gasteiger partial charge in [-0.15, -0.1) is 22.7 Å². The molecule has 3 heterocycles. The van der Waals surface area contributed by atoms with E-state index in [2.05, 4.69) is 21.0 Å². The maximum atomic E-state index is 9.50. The van der Waals surface area contributed by atoms with Crippen LogP contribution in [-0.2, 0) is 0 Å². The second-order valence-corrected chi connectivity index (χ2v) is 12.1. The summed E-state index contributed by atoms with van der Waals surface area (Å²) in [7, 11) is 0. The van der Waals surface area contributed by atoms with Gasteiger partial charge in [0, 0.05) is 57.0 Å². The second-order valence-electron chi connectivity index (χ2n) is 9.99. The molecule has 0 saturated heterocycles. The van der Waals surface area contributed by atoms with E-state index in [0.717, 1.165) is 31.5 Å². The van der Waals surface area contributed by atoms with Crippen LogP contribution in [0.25, 0.3) is 85.6 Å². The van der Waals surface area contributed by atoms with Crippen LogP contribution in [0, 0.1) is 0 Å². The Kier molecular flexibility index (Phi) is 3.84. The van der Waals surface area contributed by atoms with Crippen molar-refractivity contribution in [2.45, 2.75) is 0 Å². The molecule has 0 aliphatic carbocycles. The molecule has 3 nitrogen and oxygen atoms in total. The number of benzene rings is 6. The van der Waals surface area contributed by atoms with Crippen LogP contribution < -0.4 is 0 Å². The minimum Gasteiger partial charge on any atom is -0.208 e. The summed E-state index contributed by atoms with van der Waals surface area (Å²) in [4.78, 5) is 13.6. The molecule has 0 aliphatic heterocycles. The lowest BCUT2D eigenvalue weighted by Crippen LogP contribution is -1.99. The first-order valence-corrected chi connectivity index (χ1v) is 15.3. The minimum atomic E-state index is -0.587. The van der Waals surface area contributed by atoms with Gasteiger partial charge in [-0.25, -0.2) is 15.0 Å². The third kappa shape index (κ3) is 4.21. The van der Waals surface area contributed by atoms with Gasteiger partial charge in [0.05, 0.1) is 15.1 Å². The first-order valence-electron chi connectivity index (χ1n) is 19.1. The van der Waals surface area contributed by atoms with Crippen molar-refractivity contribution in [1.82, 2.24) is 15.0 Å². The minimum absolute atomic E-state index is 0.0548. The van der Waals surface area contributed by atoms with Crippen LogP contribution in [0.1, 0.15) is 15.1 Å². The van der Waals surface area contributed by atoms with Crippen molar-refractivity contribution in [2.75, 3.05) is 0 Å². The molecule has 0 fully saturated rings. The molecular formula is C39H23N3S2. The van der Waals surface area contributed by atoms with Crippen molar-refractivity contribution >= 4 is 63.0 Å². The van der Waals surface area contributed by atoms with E-state index in [1.807, 2.05) is 36.4 Å². The SMILES string of the molecule is [2H]c1c([2H])c([2H])c(-c2nc(-c3ccccc3)nc(-c3c([2H])c([2H])c4c(sc5c(-c6ccc7c(c6)sc6ccccc67)c([2H])c([2H])c([2H])c54)c3[2H])n2)c([2H])c1[2H]. The highest BCUT2D eigenvalue weighted by atomic mass is 32.1. The van der Waals surface area contributed by atoms with Crippen molar-refractivity contribution in [3.8, 4) is 45.3 Å². The molecule has 0 atom stereocenters. The van der Waals surface area contributed by atoms with Crippen molar-refractivity contribution in [1.29, 1.82) is 0 Å². The standard InChI is InChI=1S/C39H23N3S2/c1-3-10-24(11-4-1)37-40-38(25-12-5-2-6-13-25)42-39(41-37)27-19-21-31-32-16-9-15-28(36(32)44-35(31)23-27)26-18-20-30-29-14-7-8-17-33(29)43-34(30)22-26/h1-23H/i1D,3D,4D,9D,10D,11D,15D,16D,19D,21D,23D. The van der Waals surface area contributed by atoms with E-state index >= 15 is 0 Å². The molecule has 3 aromatic heterocycles. The Hall–Kier alpha value is -5.23. The van der Waals surface area contributed by atoms with Crippen molar-refractivity contribution in [2.24, 2.45) is 0 Å². The normalized spacial score (nSPS) is 15.1. The third-order valence-electron chi connectivity index (χ3n) is 7.34. The molecule has 0 radical (unpaired) electrons. The van der Waals surface area contributed by atoms with E-state index < -0.39 is 36.3 Å². The molecule has 0 amide bonds. The fourth-order valence-electron chi connectivity index (χ4n) is 5.29. The number of aromatic nitrogens is 3. The number of thiophene rings is 2. The average molecular weight is 609 g/mol. The topological polar surface area (TPSA) is 38.7 Å². The van der Waals surface area contributed by atoms with Gasteiger partial charge in [-0.1, -0.05) is 121 Å². The van der Waals surface area contributed by atoms with Crippen LogP contribution in [0.5, 0.6) is 0 Å². The number of hydrogen-bond donors (Lipinski definition) is 0. The molecule has 0 aliphatic rings. The van der Waals surface area contributed by atoms with Crippen molar-refractivity contribution in [3.05, 3.63) is 139 Å². The zero-order chi connectivity index (χ0) is 38.6. The average Bonchev–Trinajstić information content (AvgIpc) is 3.77. The molecule has 0 N–H and O–H groups in total. The van der Waals surface area contributed by atoms with Crippen LogP contribution >= 0.6 is 22.7 Å². The smallest absolute Gasteiger partial charge is 0.164 e. The van der Waals surface area contributed by atoms with Gasteiger partial charge in [0.1, 0.15) is 0 Å². The summed E-state index contributed by atoms with van der Waals surface area (Å²) in [6.07, 6.45) is 0. The molecule has 0 unspecified atom stereocenters. The van der Waals surface area contributed by atoms with Crippen LogP contribution in [0.2, 0.25) is 0 Å². The quantitative estimate of drug-likeness (QED) is 0.199. The molecule has 206 valence electrons. The van der Waals surface area contributed by atoms with E-state index in [4.69, 9.17) is 11.0 Å². The van der Waals surface area contributed by atoms with Crippen molar-refractivity contribution < 1.29 is 15.1 Å². The monoisotopic (exact) mass is 608 g/mol. The van der Waals surface area contributed by atoms with Gasteiger partial charge in [-0.05, 0) is 29.3 Å². The third-order valence-corrected chi connectivity index (χ3v) is 9.60. The van der Waals surface area contributed by atoms with Gasteiger partial charge in [0.15, 0.2) is 17.5 Å². The second kappa shape index (κ2) is 10.2. The first kappa shape index (κ1) is 16.6. The van der Waals surface area contributed by atoms with Crippen LogP contribution in [-0.4, -0.2) is 15.0 Å². The summed E-state index contributed by atoms with van der Waals surface area (Å²) in [6.45, 7) is 0. The highest BCUT2D eigenvalue weighted by Crippen LogP contribution is 2.43.